The minimum Gasteiger partial charge on any atom is -0.492 e. The highest BCUT2D eigenvalue weighted by Gasteiger charge is 2.16. The lowest BCUT2D eigenvalue weighted by Gasteiger charge is -2.13. The van der Waals surface area contributed by atoms with Crippen LogP contribution in [0.3, 0.4) is 0 Å². The molecule has 0 unspecified atom stereocenters. The van der Waals surface area contributed by atoms with Crippen LogP contribution in [-0.4, -0.2) is 22.7 Å². The number of carboxylic acids is 1. The van der Waals surface area contributed by atoms with E-state index in [1.165, 1.54) is 0 Å². The second-order valence-electron chi connectivity index (χ2n) is 4.23. The molecule has 0 aliphatic heterocycles. The zero-order valence-corrected chi connectivity index (χ0v) is 10.1. The van der Waals surface area contributed by atoms with Gasteiger partial charge in [-0.1, -0.05) is 13.8 Å². The van der Waals surface area contributed by atoms with Gasteiger partial charge in [-0.05, 0) is 19.8 Å². The van der Waals surface area contributed by atoms with E-state index in [2.05, 4.69) is 4.98 Å². The first-order valence-corrected chi connectivity index (χ1v) is 5.26. The number of nitrogens with zero attached hydrogens (tertiary/aromatic N) is 1. The molecule has 0 saturated heterocycles. The van der Waals surface area contributed by atoms with E-state index in [0.29, 0.717) is 24.0 Å². The molecule has 0 amide bonds. The first kappa shape index (κ1) is 12.5. The van der Waals surface area contributed by atoms with Crippen LogP contribution in [-0.2, 0) is 0 Å². The van der Waals surface area contributed by atoms with Crippen molar-refractivity contribution in [2.45, 2.75) is 27.7 Å². The van der Waals surface area contributed by atoms with Crippen molar-refractivity contribution in [3.8, 4) is 5.75 Å². The Bertz CT molecular complexity index is 399. The monoisotopic (exact) mass is 223 g/mol. The molecule has 0 atom stereocenters. The maximum absolute atomic E-state index is 11.1. The molecule has 0 saturated carbocycles. The summed E-state index contributed by atoms with van der Waals surface area (Å²) in [4.78, 5) is 15.2. The third-order valence-electron chi connectivity index (χ3n) is 2.08. The highest BCUT2D eigenvalue weighted by atomic mass is 16.5. The molecule has 1 aromatic rings. The summed E-state index contributed by atoms with van der Waals surface area (Å²) in [6.07, 6.45) is 0. The molecule has 0 aliphatic rings. The molecule has 0 spiro atoms. The van der Waals surface area contributed by atoms with Crippen molar-refractivity contribution in [3.63, 3.8) is 0 Å². The second kappa shape index (κ2) is 4.96. The molecule has 16 heavy (non-hydrogen) atoms. The van der Waals surface area contributed by atoms with Gasteiger partial charge >= 0.3 is 5.97 Å². The average molecular weight is 223 g/mol. The molecule has 4 nitrogen and oxygen atoms in total. The summed E-state index contributed by atoms with van der Waals surface area (Å²) in [5.41, 5.74) is 1.42. The number of hydrogen-bond donors (Lipinski definition) is 1. The van der Waals surface area contributed by atoms with Crippen molar-refractivity contribution in [2.24, 2.45) is 5.92 Å². The predicted molar refractivity (Wildman–Crippen MR) is 61.0 cm³/mol. The lowest BCUT2D eigenvalue weighted by Crippen LogP contribution is -2.11. The summed E-state index contributed by atoms with van der Waals surface area (Å²) in [7, 11) is 0. The second-order valence-corrected chi connectivity index (χ2v) is 4.23. The van der Waals surface area contributed by atoms with Gasteiger partial charge in [0.25, 0.3) is 0 Å². The van der Waals surface area contributed by atoms with Gasteiger partial charge in [0, 0.05) is 11.8 Å². The normalized spacial score (nSPS) is 10.6. The summed E-state index contributed by atoms with van der Waals surface area (Å²) >= 11 is 0. The number of aromatic carboxylic acids is 1. The molecule has 1 aromatic heterocycles. The molecule has 1 N–H and O–H groups in total. The van der Waals surface area contributed by atoms with Gasteiger partial charge in [-0.15, -0.1) is 0 Å². The zero-order valence-electron chi connectivity index (χ0n) is 10.1. The Morgan fingerprint density at radius 2 is 2.12 bits per heavy atom. The number of ether oxygens (including phenoxy) is 1. The summed E-state index contributed by atoms with van der Waals surface area (Å²) in [5.74, 6) is -0.231. The third kappa shape index (κ3) is 2.95. The lowest BCUT2D eigenvalue weighted by molar-refractivity contribution is 0.0690. The Morgan fingerprint density at radius 3 is 2.62 bits per heavy atom. The summed E-state index contributed by atoms with van der Waals surface area (Å²) < 4.78 is 5.50. The number of aromatic nitrogens is 1. The number of carbonyl (C=O) groups is 1. The van der Waals surface area contributed by atoms with Crippen molar-refractivity contribution >= 4 is 5.97 Å². The maximum atomic E-state index is 11.1. The van der Waals surface area contributed by atoms with Crippen molar-refractivity contribution in [3.05, 3.63) is 23.0 Å². The lowest BCUT2D eigenvalue weighted by atomic mass is 10.1. The average Bonchev–Trinajstić information content (AvgIpc) is 2.12. The fourth-order valence-electron chi connectivity index (χ4n) is 1.42. The van der Waals surface area contributed by atoms with Gasteiger partial charge in [0.15, 0.2) is 0 Å². The fraction of sp³-hybridized carbons (Fsp3) is 0.500. The maximum Gasteiger partial charge on any atom is 0.341 e. The van der Waals surface area contributed by atoms with Crippen molar-refractivity contribution in [1.29, 1.82) is 0 Å². The molecule has 0 radical (unpaired) electrons. The van der Waals surface area contributed by atoms with Crippen LogP contribution in [0.4, 0.5) is 0 Å². The first-order chi connectivity index (χ1) is 7.41. The Morgan fingerprint density at radius 1 is 1.50 bits per heavy atom. The van der Waals surface area contributed by atoms with Gasteiger partial charge in [-0.3, -0.25) is 4.98 Å². The molecular weight excluding hydrogens is 206 g/mol. The minimum atomic E-state index is -0.997. The fourth-order valence-corrected chi connectivity index (χ4v) is 1.42. The zero-order chi connectivity index (χ0) is 12.3. The van der Waals surface area contributed by atoms with Crippen molar-refractivity contribution in [1.82, 2.24) is 4.98 Å². The highest BCUT2D eigenvalue weighted by Crippen LogP contribution is 2.22. The summed E-state index contributed by atoms with van der Waals surface area (Å²) in [6.45, 7) is 8.03. The van der Waals surface area contributed by atoms with Gasteiger partial charge in [-0.25, -0.2) is 4.79 Å². The smallest absolute Gasteiger partial charge is 0.341 e. The number of rotatable bonds is 4. The molecular formula is C12H17NO3. The molecule has 0 aliphatic carbocycles. The van der Waals surface area contributed by atoms with Crippen molar-refractivity contribution < 1.29 is 14.6 Å². The Hall–Kier alpha value is -1.58. The highest BCUT2D eigenvalue weighted by molar-refractivity contribution is 5.92. The van der Waals surface area contributed by atoms with E-state index in [9.17, 15) is 4.79 Å². The van der Waals surface area contributed by atoms with Crippen LogP contribution in [0.2, 0.25) is 0 Å². The summed E-state index contributed by atoms with van der Waals surface area (Å²) in [6, 6.07) is 1.67. The van der Waals surface area contributed by atoms with Gasteiger partial charge in [-0.2, -0.15) is 0 Å². The molecule has 1 heterocycles. The van der Waals surface area contributed by atoms with E-state index < -0.39 is 5.97 Å². The first-order valence-electron chi connectivity index (χ1n) is 5.26. The molecule has 1 rings (SSSR count). The van der Waals surface area contributed by atoms with E-state index in [-0.39, 0.29) is 5.56 Å². The molecule has 0 fully saturated rings. The molecule has 88 valence electrons. The third-order valence-corrected chi connectivity index (χ3v) is 2.08. The number of aryl methyl sites for hydroxylation is 2. The van der Waals surface area contributed by atoms with Gasteiger partial charge in [0.1, 0.15) is 11.3 Å². The van der Waals surface area contributed by atoms with Crippen LogP contribution >= 0.6 is 0 Å². The van der Waals surface area contributed by atoms with Gasteiger partial charge < -0.3 is 9.84 Å². The standard InChI is InChI=1S/C12H17NO3/c1-7(2)6-16-10-5-8(3)13-9(4)11(10)12(14)15/h5,7H,6H2,1-4H3,(H,14,15). The minimum absolute atomic E-state index is 0.159. The molecule has 4 heteroatoms. The van der Waals surface area contributed by atoms with Crippen LogP contribution in [0.5, 0.6) is 5.75 Å². The summed E-state index contributed by atoms with van der Waals surface area (Å²) in [5, 5.41) is 9.08. The van der Waals surface area contributed by atoms with E-state index in [1.807, 2.05) is 20.8 Å². The van der Waals surface area contributed by atoms with Crippen molar-refractivity contribution in [2.75, 3.05) is 6.61 Å². The topological polar surface area (TPSA) is 59.4 Å². The van der Waals surface area contributed by atoms with Gasteiger partial charge in [0.2, 0.25) is 0 Å². The number of hydrogen-bond acceptors (Lipinski definition) is 3. The van der Waals surface area contributed by atoms with Crippen LogP contribution in [0.25, 0.3) is 0 Å². The largest absolute Gasteiger partial charge is 0.492 e. The van der Waals surface area contributed by atoms with Gasteiger partial charge in [0.05, 0.1) is 12.3 Å². The predicted octanol–water partition coefficient (Wildman–Crippen LogP) is 2.43. The Labute approximate surface area is 95.3 Å². The molecule has 0 aromatic carbocycles. The SMILES string of the molecule is Cc1cc(OCC(C)C)c(C(=O)O)c(C)n1. The van der Waals surface area contributed by atoms with Crippen LogP contribution in [0, 0.1) is 19.8 Å². The number of carboxylic acid groups (broad SMARTS) is 1. The van der Waals surface area contributed by atoms with Crippen LogP contribution < -0.4 is 4.74 Å². The Kier molecular flexibility index (Phi) is 3.88. The quantitative estimate of drug-likeness (QED) is 0.851. The van der Waals surface area contributed by atoms with Crippen LogP contribution in [0.1, 0.15) is 35.6 Å². The van der Waals surface area contributed by atoms with E-state index in [1.54, 1.807) is 13.0 Å². The Balaban J connectivity index is 3.09. The van der Waals surface area contributed by atoms with Crippen LogP contribution in [0.15, 0.2) is 6.07 Å². The van der Waals surface area contributed by atoms with E-state index in [0.717, 1.165) is 5.69 Å². The molecule has 0 bridgehead atoms. The van der Waals surface area contributed by atoms with E-state index in [4.69, 9.17) is 9.84 Å². The number of pyridine rings is 1. The van der Waals surface area contributed by atoms with E-state index >= 15 is 0 Å².